The molecule has 0 spiro atoms. The van der Waals surface area contributed by atoms with Crippen LogP contribution >= 0.6 is 0 Å². The Balaban J connectivity index is 1.71. The van der Waals surface area contributed by atoms with Gasteiger partial charge in [0.2, 0.25) is 0 Å². The minimum absolute atomic E-state index is 0.000669. The molecule has 0 aromatic heterocycles. The van der Waals surface area contributed by atoms with Gasteiger partial charge in [-0.1, -0.05) is 32.4 Å². The Morgan fingerprint density at radius 1 is 1.29 bits per heavy atom. The van der Waals surface area contributed by atoms with Crippen molar-refractivity contribution < 1.29 is 29.3 Å². The van der Waals surface area contributed by atoms with Gasteiger partial charge in [0.05, 0.1) is 12.7 Å². The van der Waals surface area contributed by atoms with Crippen molar-refractivity contribution in [3.8, 4) is 0 Å². The van der Waals surface area contributed by atoms with E-state index in [0.717, 1.165) is 18.4 Å². The molecule has 4 rings (SSSR count). The maximum absolute atomic E-state index is 12.9. The first-order valence-corrected chi connectivity index (χ1v) is 11.5. The number of carbonyl (C=O) groups excluding carboxylic acids is 2. The summed E-state index contributed by atoms with van der Waals surface area (Å²) in [6.45, 7) is 6.57. The van der Waals surface area contributed by atoms with Crippen molar-refractivity contribution in [2.45, 2.75) is 46.1 Å². The summed E-state index contributed by atoms with van der Waals surface area (Å²) in [5.41, 5.74) is 0.398. The van der Waals surface area contributed by atoms with Gasteiger partial charge in [0.25, 0.3) is 0 Å². The highest BCUT2D eigenvalue weighted by molar-refractivity contribution is 6.01. The second-order valence-electron chi connectivity index (χ2n) is 10.7. The van der Waals surface area contributed by atoms with E-state index in [0.29, 0.717) is 13.0 Å². The molecule has 0 aliphatic heterocycles. The number of methoxy groups -OCH3 is 1. The molecule has 4 aliphatic carbocycles. The molecular weight excluding hydrogens is 396 g/mol. The van der Waals surface area contributed by atoms with Gasteiger partial charge in [0, 0.05) is 24.4 Å². The number of allylic oxidation sites excluding steroid dienone is 4. The van der Waals surface area contributed by atoms with Crippen molar-refractivity contribution in [3.63, 3.8) is 0 Å². The van der Waals surface area contributed by atoms with E-state index in [1.807, 2.05) is 6.08 Å². The average Bonchev–Trinajstić information content (AvgIpc) is 3.00. The number of hydrogen-bond acceptors (Lipinski definition) is 6. The van der Waals surface area contributed by atoms with E-state index in [2.05, 4.69) is 20.8 Å². The molecule has 0 saturated heterocycles. The van der Waals surface area contributed by atoms with Crippen LogP contribution in [0.25, 0.3) is 0 Å². The predicted octanol–water partition coefficient (Wildman–Crippen LogP) is 2.54. The zero-order chi connectivity index (χ0) is 22.6. The molecule has 0 amide bonds. The summed E-state index contributed by atoms with van der Waals surface area (Å²) in [5, 5.41) is 21.2. The van der Waals surface area contributed by atoms with Crippen LogP contribution in [0.15, 0.2) is 23.8 Å². The van der Waals surface area contributed by atoms with Crippen LogP contribution in [-0.4, -0.2) is 55.0 Å². The van der Waals surface area contributed by atoms with E-state index in [9.17, 15) is 19.8 Å². The summed E-state index contributed by atoms with van der Waals surface area (Å²) in [6.07, 6.45) is 7.12. The van der Waals surface area contributed by atoms with Crippen LogP contribution in [0.3, 0.4) is 0 Å². The third-order valence-corrected chi connectivity index (χ3v) is 9.03. The molecule has 3 saturated carbocycles. The first-order valence-electron chi connectivity index (χ1n) is 11.5. The number of ether oxygens (including phenoxy) is 2. The Hall–Kier alpha value is -1.34. The third-order valence-electron chi connectivity index (χ3n) is 9.03. The van der Waals surface area contributed by atoms with Gasteiger partial charge in [-0.2, -0.15) is 0 Å². The summed E-state index contributed by atoms with van der Waals surface area (Å²) in [6, 6.07) is 0. The molecule has 9 atom stereocenters. The van der Waals surface area contributed by atoms with Gasteiger partial charge < -0.3 is 19.7 Å². The van der Waals surface area contributed by atoms with Crippen LogP contribution in [0.2, 0.25) is 0 Å². The molecule has 6 heteroatoms. The lowest BCUT2D eigenvalue weighted by atomic mass is 9.45. The average molecular weight is 433 g/mol. The second kappa shape index (κ2) is 8.22. The fourth-order valence-electron chi connectivity index (χ4n) is 8.11. The van der Waals surface area contributed by atoms with Crippen molar-refractivity contribution in [3.05, 3.63) is 23.8 Å². The van der Waals surface area contributed by atoms with Crippen LogP contribution in [-0.2, 0) is 19.1 Å². The normalized spacial score (nSPS) is 46.2. The minimum Gasteiger partial charge on any atom is -0.393 e. The van der Waals surface area contributed by atoms with Crippen LogP contribution in [0.5, 0.6) is 0 Å². The highest BCUT2D eigenvalue weighted by Crippen LogP contribution is 2.67. The lowest BCUT2D eigenvalue weighted by Crippen LogP contribution is -2.57. The SMILES string of the molecule is COCOC[C@H]1C[C@H]2[C@@H]3C[C@H](C)C4=CC(=O)C=C[C@]4(C)[C@H]3[C@@H](O)C[C@]2(C)[C@H]1C(=O)CO. The first kappa shape index (κ1) is 22.8. The largest absolute Gasteiger partial charge is 0.393 e. The summed E-state index contributed by atoms with van der Waals surface area (Å²) in [4.78, 5) is 25.0. The molecule has 0 radical (unpaired) electrons. The van der Waals surface area contributed by atoms with Crippen molar-refractivity contribution in [2.24, 2.45) is 46.3 Å². The van der Waals surface area contributed by atoms with Crippen LogP contribution in [0.1, 0.15) is 40.0 Å². The fourth-order valence-corrected chi connectivity index (χ4v) is 8.11. The lowest BCUT2D eigenvalue weighted by Gasteiger charge is -2.60. The zero-order valence-electron chi connectivity index (χ0n) is 19.0. The number of rotatable bonds is 6. The van der Waals surface area contributed by atoms with E-state index in [1.54, 1.807) is 19.3 Å². The monoisotopic (exact) mass is 432 g/mol. The van der Waals surface area contributed by atoms with Crippen molar-refractivity contribution in [1.82, 2.24) is 0 Å². The molecule has 31 heavy (non-hydrogen) atoms. The number of aliphatic hydroxyl groups is 2. The Morgan fingerprint density at radius 3 is 2.71 bits per heavy atom. The van der Waals surface area contributed by atoms with Crippen LogP contribution in [0.4, 0.5) is 0 Å². The zero-order valence-corrected chi connectivity index (χ0v) is 19.0. The summed E-state index contributed by atoms with van der Waals surface area (Å²) in [7, 11) is 1.57. The lowest BCUT2D eigenvalue weighted by molar-refractivity contribution is -0.145. The molecule has 0 aromatic rings. The maximum Gasteiger partial charge on any atom is 0.178 e. The van der Waals surface area contributed by atoms with E-state index in [-0.39, 0.29) is 64.7 Å². The standard InChI is InChI=1S/C25H36O6/c1-14-7-17-19-8-15(12-31-13-30-4)22(21(29)11-26)25(19,3)10-20(28)23(17)24(2)6-5-16(27)9-18(14)24/h5-6,9,14-15,17,19-20,22-23,26,28H,7-8,10-13H2,1-4H3/t14-,15+,17-,19-,20-,22+,23+,24-,25-/m0/s1. The number of carbonyl (C=O) groups is 2. The molecule has 6 nitrogen and oxygen atoms in total. The summed E-state index contributed by atoms with van der Waals surface area (Å²) in [5.74, 6) is 0.289. The highest BCUT2D eigenvalue weighted by atomic mass is 16.7. The van der Waals surface area contributed by atoms with Crippen LogP contribution in [0, 0.1) is 46.3 Å². The second-order valence-corrected chi connectivity index (χ2v) is 10.7. The maximum atomic E-state index is 12.9. The minimum atomic E-state index is -0.572. The van der Waals surface area contributed by atoms with Gasteiger partial charge in [-0.05, 0) is 60.5 Å². The summed E-state index contributed by atoms with van der Waals surface area (Å²) < 4.78 is 10.7. The summed E-state index contributed by atoms with van der Waals surface area (Å²) >= 11 is 0. The molecule has 3 fully saturated rings. The number of fused-ring (bicyclic) bond motifs is 5. The van der Waals surface area contributed by atoms with Gasteiger partial charge in [-0.25, -0.2) is 0 Å². The third kappa shape index (κ3) is 3.47. The number of ketones is 2. The van der Waals surface area contributed by atoms with E-state index in [1.165, 1.54) is 0 Å². The van der Waals surface area contributed by atoms with E-state index < -0.39 is 12.7 Å². The van der Waals surface area contributed by atoms with Gasteiger partial charge in [-0.15, -0.1) is 0 Å². The molecule has 2 N–H and O–H groups in total. The smallest absolute Gasteiger partial charge is 0.178 e. The molecule has 4 aliphatic rings. The molecule has 0 unspecified atom stereocenters. The number of Topliss-reactive ketones (excluding diaryl/α,β-unsaturated/α-hetero) is 1. The predicted molar refractivity (Wildman–Crippen MR) is 115 cm³/mol. The molecular formula is C25H36O6. The molecule has 0 bridgehead atoms. The van der Waals surface area contributed by atoms with Crippen molar-refractivity contribution >= 4 is 11.6 Å². The van der Waals surface area contributed by atoms with Gasteiger partial charge in [-0.3, -0.25) is 9.59 Å². The van der Waals surface area contributed by atoms with Gasteiger partial charge >= 0.3 is 0 Å². The fraction of sp³-hybridized carbons (Fsp3) is 0.760. The van der Waals surface area contributed by atoms with Crippen molar-refractivity contribution in [1.29, 1.82) is 0 Å². The quantitative estimate of drug-likeness (QED) is 0.495. The molecule has 0 heterocycles. The Morgan fingerprint density at radius 2 is 2.03 bits per heavy atom. The van der Waals surface area contributed by atoms with Crippen LogP contribution < -0.4 is 0 Å². The Kier molecular flexibility index (Phi) is 6.05. The molecule has 0 aromatic carbocycles. The van der Waals surface area contributed by atoms with Crippen molar-refractivity contribution in [2.75, 3.05) is 27.1 Å². The Labute approximate surface area is 184 Å². The highest BCUT2D eigenvalue weighted by Gasteiger charge is 2.65. The topological polar surface area (TPSA) is 93.1 Å². The molecule has 172 valence electrons. The van der Waals surface area contributed by atoms with Gasteiger partial charge in [0.15, 0.2) is 11.6 Å². The van der Waals surface area contributed by atoms with Gasteiger partial charge in [0.1, 0.15) is 13.4 Å². The Bertz CT molecular complexity index is 802. The van der Waals surface area contributed by atoms with E-state index >= 15 is 0 Å². The number of hydrogen-bond donors (Lipinski definition) is 2. The van der Waals surface area contributed by atoms with E-state index in [4.69, 9.17) is 9.47 Å². The number of aliphatic hydroxyl groups excluding tert-OH is 2. The first-order chi connectivity index (χ1) is 14.7.